The highest BCUT2D eigenvalue weighted by molar-refractivity contribution is 6.30. The monoisotopic (exact) mass is 264 g/mol. The minimum absolute atomic E-state index is 0.377. The van der Waals surface area contributed by atoms with Crippen molar-refractivity contribution in [2.45, 2.75) is 20.1 Å². The van der Waals surface area contributed by atoms with E-state index in [1.807, 2.05) is 17.8 Å². The molecule has 0 unspecified atom stereocenters. The van der Waals surface area contributed by atoms with Crippen molar-refractivity contribution in [1.82, 2.24) is 9.78 Å². The average Bonchev–Trinajstić information content (AvgIpc) is 2.85. The number of rotatable bonds is 5. The number of halogens is 1. The van der Waals surface area contributed by atoms with Gasteiger partial charge in [-0.3, -0.25) is 9.48 Å². The summed E-state index contributed by atoms with van der Waals surface area (Å²) >= 11 is 5.81. The van der Waals surface area contributed by atoms with Gasteiger partial charge in [-0.1, -0.05) is 11.6 Å². The summed E-state index contributed by atoms with van der Waals surface area (Å²) < 4.78 is 7.40. The second-order valence-electron chi connectivity index (χ2n) is 3.79. The molecule has 0 aliphatic carbocycles. The molecule has 0 bridgehead atoms. The molecular weight excluding hydrogens is 252 g/mol. The summed E-state index contributed by atoms with van der Waals surface area (Å²) in [6, 6.07) is 4.97. The van der Waals surface area contributed by atoms with Crippen molar-refractivity contribution in [3.63, 3.8) is 0 Å². The molecule has 0 N–H and O–H groups in total. The summed E-state index contributed by atoms with van der Waals surface area (Å²) in [6.45, 7) is 3.21. The Labute approximate surface area is 110 Å². The maximum Gasteiger partial charge on any atom is 0.153 e. The Balaban J connectivity index is 2.07. The Morgan fingerprint density at radius 3 is 3.00 bits per heavy atom. The molecule has 18 heavy (non-hydrogen) atoms. The summed E-state index contributed by atoms with van der Waals surface area (Å²) in [5.74, 6) is 0.527. The number of aldehydes is 1. The molecule has 0 fully saturated rings. The zero-order chi connectivity index (χ0) is 13.0. The molecule has 0 amide bonds. The minimum atomic E-state index is 0.377. The molecule has 2 rings (SSSR count). The SMILES string of the molecule is CCn1cc(COc2ccc(Cl)cc2C=O)cn1. The predicted molar refractivity (Wildman–Crippen MR) is 69.1 cm³/mol. The molecule has 0 spiro atoms. The van der Waals surface area contributed by atoms with Gasteiger partial charge in [0.15, 0.2) is 6.29 Å². The van der Waals surface area contributed by atoms with Crippen LogP contribution in [0.1, 0.15) is 22.8 Å². The van der Waals surface area contributed by atoms with Gasteiger partial charge in [0.2, 0.25) is 0 Å². The first-order valence-corrected chi connectivity index (χ1v) is 5.99. The van der Waals surface area contributed by atoms with Crippen LogP contribution in [0.5, 0.6) is 5.75 Å². The first-order chi connectivity index (χ1) is 8.72. The Kier molecular flexibility index (Phi) is 3.99. The second-order valence-corrected chi connectivity index (χ2v) is 4.23. The van der Waals surface area contributed by atoms with E-state index in [-0.39, 0.29) is 0 Å². The summed E-state index contributed by atoms with van der Waals surface area (Å²) in [5, 5.41) is 4.67. The maximum absolute atomic E-state index is 10.9. The van der Waals surface area contributed by atoms with E-state index < -0.39 is 0 Å². The van der Waals surface area contributed by atoms with E-state index in [2.05, 4.69) is 5.10 Å². The van der Waals surface area contributed by atoms with Gasteiger partial charge < -0.3 is 4.74 Å². The minimum Gasteiger partial charge on any atom is -0.488 e. The lowest BCUT2D eigenvalue weighted by molar-refractivity contribution is 0.111. The number of ether oxygens (including phenoxy) is 1. The molecule has 0 atom stereocenters. The normalized spacial score (nSPS) is 10.3. The van der Waals surface area contributed by atoms with Gasteiger partial charge in [0.05, 0.1) is 11.8 Å². The third-order valence-electron chi connectivity index (χ3n) is 2.50. The van der Waals surface area contributed by atoms with Crippen LogP contribution in [0.15, 0.2) is 30.6 Å². The molecule has 0 aliphatic heterocycles. The van der Waals surface area contributed by atoms with Gasteiger partial charge in [-0.25, -0.2) is 0 Å². The largest absolute Gasteiger partial charge is 0.488 e. The predicted octanol–water partition coefficient (Wildman–Crippen LogP) is 2.95. The summed E-state index contributed by atoms with van der Waals surface area (Å²) in [4.78, 5) is 10.9. The van der Waals surface area contributed by atoms with Crippen molar-refractivity contribution in [3.05, 3.63) is 46.7 Å². The Bertz CT molecular complexity index is 552. The zero-order valence-electron chi connectivity index (χ0n) is 9.97. The topological polar surface area (TPSA) is 44.1 Å². The van der Waals surface area contributed by atoms with E-state index in [0.717, 1.165) is 18.4 Å². The number of aromatic nitrogens is 2. The molecule has 0 aliphatic rings. The lowest BCUT2D eigenvalue weighted by Gasteiger charge is -2.07. The number of aryl methyl sites for hydroxylation is 1. The maximum atomic E-state index is 10.9. The van der Waals surface area contributed by atoms with Crippen molar-refractivity contribution in [1.29, 1.82) is 0 Å². The molecule has 0 saturated heterocycles. The van der Waals surface area contributed by atoms with Crippen molar-refractivity contribution in [3.8, 4) is 5.75 Å². The van der Waals surface area contributed by atoms with Crippen LogP contribution in [0.2, 0.25) is 5.02 Å². The molecule has 2 aromatic rings. The summed E-state index contributed by atoms with van der Waals surface area (Å²) in [7, 11) is 0. The Hall–Kier alpha value is -1.81. The van der Waals surface area contributed by atoms with Gasteiger partial charge in [0.1, 0.15) is 12.4 Å². The van der Waals surface area contributed by atoms with Crippen LogP contribution >= 0.6 is 11.6 Å². The molecule has 1 aromatic heterocycles. The van der Waals surface area contributed by atoms with Gasteiger partial charge >= 0.3 is 0 Å². The van der Waals surface area contributed by atoms with Crippen molar-refractivity contribution in [2.24, 2.45) is 0 Å². The van der Waals surface area contributed by atoms with Crippen LogP contribution in [0.4, 0.5) is 0 Å². The molecule has 94 valence electrons. The first-order valence-electron chi connectivity index (χ1n) is 5.61. The number of carbonyl (C=O) groups is 1. The van der Waals surface area contributed by atoms with Gasteiger partial charge in [0, 0.05) is 23.3 Å². The van der Waals surface area contributed by atoms with Crippen LogP contribution < -0.4 is 4.74 Å². The molecular formula is C13H13ClN2O2. The lowest BCUT2D eigenvalue weighted by Crippen LogP contribution is -1.98. The van der Waals surface area contributed by atoms with E-state index in [9.17, 15) is 4.79 Å². The third kappa shape index (κ3) is 2.90. The number of hydrogen-bond donors (Lipinski definition) is 0. The smallest absolute Gasteiger partial charge is 0.153 e. The molecule has 1 heterocycles. The van der Waals surface area contributed by atoms with E-state index in [1.54, 1.807) is 24.4 Å². The average molecular weight is 265 g/mol. The number of carbonyl (C=O) groups excluding carboxylic acids is 1. The van der Waals surface area contributed by atoms with Crippen LogP contribution in [-0.4, -0.2) is 16.1 Å². The second kappa shape index (κ2) is 5.69. The van der Waals surface area contributed by atoms with E-state index in [1.165, 1.54) is 0 Å². The quantitative estimate of drug-likeness (QED) is 0.780. The fourth-order valence-electron chi connectivity index (χ4n) is 1.56. The van der Waals surface area contributed by atoms with E-state index in [4.69, 9.17) is 16.3 Å². The summed E-state index contributed by atoms with van der Waals surface area (Å²) in [6.07, 6.45) is 4.40. The van der Waals surface area contributed by atoms with Gasteiger partial charge in [-0.15, -0.1) is 0 Å². The fourth-order valence-corrected chi connectivity index (χ4v) is 1.74. The van der Waals surface area contributed by atoms with Crippen LogP contribution in [-0.2, 0) is 13.2 Å². The van der Waals surface area contributed by atoms with Gasteiger partial charge in [-0.05, 0) is 25.1 Å². The molecule has 4 nitrogen and oxygen atoms in total. The van der Waals surface area contributed by atoms with Crippen LogP contribution in [0.25, 0.3) is 0 Å². The number of benzene rings is 1. The number of hydrogen-bond acceptors (Lipinski definition) is 3. The third-order valence-corrected chi connectivity index (χ3v) is 2.74. The van der Waals surface area contributed by atoms with Crippen molar-refractivity contribution >= 4 is 17.9 Å². The zero-order valence-corrected chi connectivity index (χ0v) is 10.7. The van der Waals surface area contributed by atoms with Gasteiger partial charge in [0.25, 0.3) is 0 Å². The Morgan fingerprint density at radius 2 is 2.33 bits per heavy atom. The van der Waals surface area contributed by atoms with Crippen molar-refractivity contribution < 1.29 is 9.53 Å². The highest BCUT2D eigenvalue weighted by Crippen LogP contribution is 2.22. The van der Waals surface area contributed by atoms with Crippen LogP contribution in [0.3, 0.4) is 0 Å². The lowest BCUT2D eigenvalue weighted by atomic mass is 10.2. The standard InChI is InChI=1S/C13H13ClN2O2/c1-2-16-7-10(6-15-16)9-18-13-4-3-12(14)5-11(13)8-17/h3-8H,2,9H2,1H3. The molecule has 0 saturated carbocycles. The fraction of sp³-hybridized carbons (Fsp3) is 0.231. The molecule has 5 heteroatoms. The highest BCUT2D eigenvalue weighted by Gasteiger charge is 2.05. The highest BCUT2D eigenvalue weighted by atomic mass is 35.5. The first kappa shape index (κ1) is 12.6. The number of nitrogens with zero attached hydrogens (tertiary/aromatic N) is 2. The Morgan fingerprint density at radius 1 is 1.50 bits per heavy atom. The van der Waals surface area contributed by atoms with Gasteiger partial charge in [-0.2, -0.15) is 5.10 Å². The molecule has 0 radical (unpaired) electrons. The molecule has 1 aromatic carbocycles. The van der Waals surface area contributed by atoms with E-state index in [0.29, 0.717) is 22.9 Å². The van der Waals surface area contributed by atoms with Crippen LogP contribution in [0, 0.1) is 0 Å². The van der Waals surface area contributed by atoms with Crippen molar-refractivity contribution in [2.75, 3.05) is 0 Å². The van der Waals surface area contributed by atoms with E-state index >= 15 is 0 Å². The summed E-state index contributed by atoms with van der Waals surface area (Å²) in [5.41, 5.74) is 1.41.